The minimum Gasteiger partial charge on any atom is -0.481 e. The molecule has 0 atom stereocenters. The normalized spacial score (nSPS) is 14.0. The van der Waals surface area contributed by atoms with Gasteiger partial charge in [-0.25, -0.2) is 4.98 Å². The van der Waals surface area contributed by atoms with Crippen LogP contribution in [0.3, 0.4) is 0 Å². The molecule has 3 aromatic rings. The van der Waals surface area contributed by atoms with E-state index in [2.05, 4.69) is 14.9 Å². The summed E-state index contributed by atoms with van der Waals surface area (Å²) in [5.74, 6) is 1.71. The van der Waals surface area contributed by atoms with Crippen LogP contribution in [0.1, 0.15) is 16.8 Å². The summed E-state index contributed by atoms with van der Waals surface area (Å²) in [6.07, 6.45) is 0.675. The van der Waals surface area contributed by atoms with E-state index in [1.54, 1.807) is 25.6 Å². The van der Waals surface area contributed by atoms with Crippen LogP contribution in [-0.4, -0.2) is 40.6 Å². The van der Waals surface area contributed by atoms with Gasteiger partial charge in [-0.1, -0.05) is 6.07 Å². The quantitative estimate of drug-likeness (QED) is 0.728. The predicted molar refractivity (Wildman–Crippen MR) is 103 cm³/mol. The summed E-state index contributed by atoms with van der Waals surface area (Å²) >= 11 is 1.56. The monoisotopic (exact) mass is 384 g/mol. The van der Waals surface area contributed by atoms with Gasteiger partial charge >= 0.3 is 0 Å². The van der Waals surface area contributed by atoms with Gasteiger partial charge in [-0.2, -0.15) is 4.98 Å². The number of hydrogen-bond acceptors (Lipinski definition) is 7. The molecule has 0 spiro atoms. The van der Waals surface area contributed by atoms with E-state index in [4.69, 9.17) is 14.5 Å². The first kappa shape index (κ1) is 17.7. The maximum absolute atomic E-state index is 12.5. The summed E-state index contributed by atoms with van der Waals surface area (Å²) in [4.78, 5) is 27.7. The van der Waals surface area contributed by atoms with Crippen LogP contribution in [0.4, 0.5) is 0 Å². The zero-order valence-corrected chi connectivity index (χ0v) is 16.0. The average Bonchev–Trinajstić information content (AvgIpc) is 3.23. The van der Waals surface area contributed by atoms with E-state index in [-0.39, 0.29) is 5.56 Å². The second-order valence-corrected chi connectivity index (χ2v) is 7.25. The highest BCUT2D eigenvalue weighted by molar-refractivity contribution is 7.13. The lowest BCUT2D eigenvalue weighted by Crippen LogP contribution is -2.35. The van der Waals surface area contributed by atoms with E-state index < -0.39 is 0 Å². The predicted octanol–water partition coefficient (Wildman–Crippen LogP) is 2.47. The number of nitrogens with zero attached hydrogens (tertiary/aromatic N) is 3. The topological polar surface area (TPSA) is 80.3 Å². The lowest BCUT2D eigenvalue weighted by molar-refractivity contribution is 0.235. The molecular formula is C19H20N4O3S. The van der Waals surface area contributed by atoms with E-state index in [0.717, 1.165) is 28.2 Å². The Kier molecular flexibility index (Phi) is 4.91. The lowest BCUT2D eigenvalue weighted by atomic mass is 10.1. The van der Waals surface area contributed by atoms with Crippen molar-refractivity contribution in [2.45, 2.75) is 19.5 Å². The van der Waals surface area contributed by atoms with Gasteiger partial charge < -0.3 is 14.5 Å². The summed E-state index contributed by atoms with van der Waals surface area (Å²) in [5.41, 5.74) is 2.57. The van der Waals surface area contributed by atoms with Crippen LogP contribution in [0, 0.1) is 0 Å². The number of nitrogens with one attached hydrogen (secondary N) is 1. The molecule has 27 heavy (non-hydrogen) atoms. The molecule has 0 fully saturated rings. The fourth-order valence-electron chi connectivity index (χ4n) is 3.26. The fourth-order valence-corrected chi connectivity index (χ4v) is 3.93. The molecule has 0 amide bonds. The van der Waals surface area contributed by atoms with E-state index >= 15 is 0 Å². The van der Waals surface area contributed by atoms with Crippen molar-refractivity contribution < 1.29 is 9.47 Å². The molecule has 0 saturated heterocycles. The molecule has 0 aromatic carbocycles. The van der Waals surface area contributed by atoms with Crippen LogP contribution in [0.5, 0.6) is 11.8 Å². The molecule has 0 aliphatic carbocycles. The van der Waals surface area contributed by atoms with E-state index in [1.165, 1.54) is 0 Å². The molecule has 0 saturated carbocycles. The molecule has 3 aromatic heterocycles. The van der Waals surface area contributed by atoms with Crippen molar-refractivity contribution >= 4 is 11.3 Å². The van der Waals surface area contributed by atoms with Gasteiger partial charge in [0.25, 0.3) is 5.56 Å². The number of fused-ring (bicyclic) bond motifs is 1. The van der Waals surface area contributed by atoms with Gasteiger partial charge in [-0.3, -0.25) is 9.69 Å². The summed E-state index contributed by atoms with van der Waals surface area (Å²) < 4.78 is 10.6. The maximum Gasteiger partial charge on any atom is 0.254 e. The van der Waals surface area contributed by atoms with Crippen molar-refractivity contribution in [3.8, 4) is 22.5 Å². The molecule has 0 bridgehead atoms. The highest BCUT2D eigenvalue weighted by atomic mass is 32.1. The number of thiophene rings is 1. The molecule has 1 aliphatic rings. The Morgan fingerprint density at radius 3 is 2.85 bits per heavy atom. The van der Waals surface area contributed by atoms with Crippen LogP contribution < -0.4 is 15.0 Å². The van der Waals surface area contributed by atoms with Crippen molar-refractivity contribution in [3.63, 3.8) is 0 Å². The highest BCUT2D eigenvalue weighted by Crippen LogP contribution is 2.25. The Labute approximate surface area is 160 Å². The van der Waals surface area contributed by atoms with Crippen LogP contribution >= 0.6 is 11.3 Å². The number of pyridine rings is 1. The summed E-state index contributed by atoms with van der Waals surface area (Å²) in [5, 5.41) is 1.98. The first-order valence-corrected chi connectivity index (χ1v) is 9.52. The fraction of sp³-hybridized carbons (Fsp3) is 0.316. The van der Waals surface area contributed by atoms with E-state index in [1.807, 2.05) is 29.6 Å². The van der Waals surface area contributed by atoms with Crippen molar-refractivity contribution in [2.24, 2.45) is 0 Å². The molecule has 1 N–H and O–H groups in total. The molecular weight excluding hydrogens is 364 g/mol. The SMILES string of the molecule is COc1ccc(CN2CCc3c(nc(-c4cccs4)[nH]c3=O)C2)c(OC)n1. The van der Waals surface area contributed by atoms with Gasteiger partial charge in [0.15, 0.2) is 5.82 Å². The Bertz CT molecular complexity index is 1000. The van der Waals surface area contributed by atoms with Gasteiger partial charge in [-0.05, 0) is 23.9 Å². The second kappa shape index (κ2) is 7.50. The number of aromatic nitrogens is 3. The Morgan fingerprint density at radius 1 is 1.22 bits per heavy atom. The Morgan fingerprint density at radius 2 is 2.11 bits per heavy atom. The van der Waals surface area contributed by atoms with Gasteiger partial charge in [0, 0.05) is 36.8 Å². The smallest absolute Gasteiger partial charge is 0.254 e. The highest BCUT2D eigenvalue weighted by Gasteiger charge is 2.23. The minimum atomic E-state index is -0.0354. The van der Waals surface area contributed by atoms with Crippen LogP contribution in [0.15, 0.2) is 34.4 Å². The third-order valence-electron chi connectivity index (χ3n) is 4.62. The average molecular weight is 384 g/mol. The molecule has 8 heteroatoms. The number of methoxy groups -OCH3 is 2. The third kappa shape index (κ3) is 3.58. The van der Waals surface area contributed by atoms with Crippen molar-refractivity contribution in [1.82, 2.24) is 19.9 Å². The number of hydrogen-bond donors (Lipinski definition) is 1. The molecule has 0 radical (unpaired) electrons. The molecule has 4 rings (SSSR count). The third-order valence-corrected chi connectivity index (χ3v) is 5.49. The van der Waals surface area contributed by atoms with Crippen LogP contribution in [-0.2, 0) is 19.5 Å². The molecule has 140 valence electrons. The Balaban J connectivity index is 1.59. The second-order valence-electron chi connectivity index (χ2n) is 6.30. The standard InChI is InChI=1S/C19H20N4O3S/c1-25-16-6-5-12(19(21-16)26-2)10-23-8-7-13-14(11-23)20-17(22-18(13)24)15-4-3-9-27-15/h3-6,9H,7-8,10-11H2,1-2H3,(H,20,22,24). The molecule has 4 heterocycles. The summed E-state index contributed by atoms with van der Waals surface area (Å²) in [6.45, 7) is 2.07. The Hall–Kier alpha value is -2.71. The molecule has 0 unspecified atom stereocenters. The first-order chi connectivity index (χ1) is 13.2. The van der Waals surface area contributed by atoms with Crippen molar-refractivity contribution in [2.75, 3.05) is 20.8 Å². The molecule has 1 aliphatic heterocycles. The summed E-state index contributed by atoms with van der Waals surface area (Å²) in [6, 6.07) is 7.70. The largest absolute Gasteiger partial charge is 0.481 e. The lowest BCUT2D eigenvalue weighted by Gasteiger charge is -2.28. The number of H-pyrrole nitrogens is 1. The number of rotatable bonds is 5. The minimum absolute atomic E-state index is 0.0354. The number of ether oxygens (including phenoxy) is 2. The zero-order chi connectivity index (χ0) is 18.8. The van der Waals surface area contributed by atoms with Crippen molar-refractivity contribution in [1.29, 1.82) is 0 Å². The van der Waals surface area contributed by atoms with E-state index in [9.17, 15) is 4.79 Å². The first-order valence-electron chi connectivity index (χ1n) is 8.64. The maximum atomic E-state index is 12.5. The van der Waals surface area contributed by atoms with Gasteiger partial charge in [0.05, 0.1) is 24.8 Å². The van der Waals surface area contributed by atoms with Crippen molar-refractivity contribution in [3.05, 3.63) is 56.8 Å². The molecule has 7 nitrogen and oxygen atoms in total. The summed E-state index contributed by atoms with van der Waals surface area (Å²) in [7, 11) is 3.18. The van der Waals surface area contributed by atoms with Gasteiger partial charge in [0.2, 0.25) is 11.8 Å². The van der Waals surface area contributed by atoms with Crippen LogP contribution in [0.2, 0.25) is 0 Å². The van der Waals surface area contributed by atoms with Gasteiger partial charge in [-0.15, -0.1) is 11.3 Å². The zero-order valence-electron chi connectivity index (χ0n) is 15.2. The van der Waals surface area contributed by atoms with Gasteiger partial charge in [0.1, 0.15) is 0 Å². The van der Waals surface area contributed by atoms with Crippen LogP contribution in [0.25, 0.3) is 10.7 Å². The van der Waals surface area contributed by atoms with E-state index in [0.29, 0.717) is 37.1 Å². The number of aromatic amines is 1.